The summed E-state index contributed by atoms with van der Waals surface area (Å²) in [6, 6.07) is 2.08. The van der Waals surface area contributed by atoms with Crippen LogP contribution in [0.2, 0.25) is 0 Å². The Morgan fingerprint density at radius 3 is 2.59 bits per heavy atom. The molecule has 0 amide bonds. The molecular formula is C11H14BrF3N2. The molecule has 0 saturated heterocycles. The molecule has 0 radical (unpaired) electrons. The van der Waals surface area contributed by atoms with E-state index in [-0.39, 0.29) is 0 Å². The average Bonchev–Trinajstić information content (AvgIpc) is 2.28. The Labute approximate surface area is 107 Å². The molecule has 0 aliphatic carbocycles. The third kappa shape index (κ3) is 4.18. The quantitative estimate of drug-likeness (QED) is 0.771. The van der Waals surface area contributed by atoms with Gasteiger partial charge in [-0.3, -0.25) is 0 Å². The minimum absolute atomic E-state index is 0.376. The zero-order valence-corrected chi connectivity index (χ0v) is 11.1. The Morgan fingerprint density at radius 1 is 1.35 bits per heavy atom. The van der Waals surface area contributed by atoms with Crippen molar-refractivity contribution in [3.63, 3.8) is 0 Å². The van der Waals surface area contributed by atoms with Gasteiger partial charge in [0.1, 0.15) is 5.82 Å². The van der Waals surface area contributed by atoms with Crippen molar-refractivity contribution in [2.24, 2.45) is 0 Å². The highest BCUT2D eigenvalue weighted by atomic mass is 79.9. The van der Waals surface area contributed by atoms with Crippen molar-refractivity contribution in [2.75, 3.05) is 23.3 Å². The van der Waals surface area contributed by atoms with Crippen LogP contribution in [-0.4, -0.2) is 23.4 Å². The van der Waals surface area contributed by atoms with Gasteiger partial charge in [-0.15, -0.1) is 0 Å². The molecule has 0 aliphatic heterocycles. The summed E-state index contributed by atoms with van der Waals surface area (Å²) >= 11 is 3.28. The van der Waals surface area contributed by atoms with E-state index in [0.717, 1.165) is 18.6 Å². The van der Waals surface area contributed by atoms with Crippen LogP contribution in [0.15, 0.2) is 18.3 Å². The lowest BCUT2D eigenvalue weighted by Gasteiger charge is -2.22. The molecule has 0 aromatic carbocycles. The molecule has 17 heavy (non-hydrogen) atoms. The molecular weight excluding hydrogens is 297 g/mol. The van der Waals surface area contributed by atoms with Crippen LogP contribution < -0.4 is 4.90 Å². The fraction of sp³-hybridized carbons (Fsp3) is 0.545. The van der Waals surface area contributed by atoms with Crippen molar-refractivity contribution in [3.05, 3.63) is 23.9 Å². The molecule has 1 heterocycles. The molecule has 0 bridgehead atoms. The summed E-state index contributed by atoms with van der Waals surface area (Å²) in [5.41, 5.74) is -0.654. The van der Waals surface area contributed by atoms with E-state index < -0.39 is 11.7 Å². The number of halogens is 4. The van der Waals surface area contributed by atoms with Gasteiger partial charge in [0.15, 0.2) is 0 Å². The fourth-order valence-corrected chi connectivity index (χ4v) is 1.91. The molecule has 1 aromatic rings. The predicted molar refractivity (Wildman–Crippen MR) is 65.5 cm³/mol. The molecule has 96 valence electrons. The van der Waals surface area contributed by atoms with Crippen molar-refractivity contribution in [1.82, 2.24) is 4.98 Å². The summed E-state index contributed by atoms with van der Waals surface area (Å²) < 4.78 is 37.6. The van der Waals surface area contributed by atoms with Gasteiger partial charge in [0, 0.05) is 24.6 Å². The normalized spacial score (nSPS) is 11.6. The van der Waals surface area contributed by atoms with E-state index in [1.165, 1.54) is 6.20 Å². The number of pyridine rings is 1. The summed E-state index contributed by atoms with van der Waals surface area (Å²) in [6.07, 6.45) is -2.25. The summed E-state index contributed by atoms with van der Waals surface area (Å²) in [7, 11) is 0. The maximum atomic E-state index is 12.5. The monoisotopic (exact) mass is 310 g/mol. The Hall–Kier alpha value is -0.780. The van der Waals surface area contributed by atoms with Crippen LogP contribution in [0.25, 0.3) is 0 Å². The topological polar surface area (TPSA) is 16.1 Å². The summed E-state index contributed by atoms with van der Waals surface area (Å²) in [4.78, 5) is 5.83. The average molecular weight is 311 g/mol. The highest BCUT2D eigenvalue weighted by Crippen LogP contribution is 2.30. The maximum absolute atomic E-state index is 12.5. The van der Waals surface area contributed by atoms with E-state index in [9.17, 15) is 13.2 Å². The highest BCUT2D eigenvalue weighted by Gasteiger charge is 2.31. The zero-order valence-electron chi connectivity index (χ0n) is 9.47. The number of rotatable bonds is 5. The van der Waals surface area contributed by atoms with Crippen LogP contribution in [0.4, 0.5) is 19.0 Å². The van der Waals surface area contributed by atoms with Gasteiger partial charge in [-0.1, -0.05) is 22.9 Å². The van der Waals surface area contributed by atoms with Gasteiger partial charge in [-0.2, -0.15) is 13.2 Å². The van der Waals surface area contributed by atoms with Crippen LogP contribution >= 0.6 is 15.9 Å². The smallest absolute Gasteiger partial charge is 0.356 e. The van der Waals surface area contributed by atoms with E-state index >= 15 is 0 Å². The summed E-state index contributed by atoms with van der Waals surface area (Å²) in [6.45, 7) is 3.32. The lowest BCUT2D eigenvalue weighted by Crippen LogP contribution is -2.27. The van der Waals surface area contributed by atoms with E-state index in [0.29, 0.717) is 24.2 Å². The Balaban J connectivity index is 2.95. The van der Waals surface area contributed by atoms with Crippen molar-refractivity contribution < 1.29 is 13.2 Å². The molecule has 0 unspecified atom stereocenters. The molecule has 0 spiro atoms. The molecule has 1 rings (SSSR count). The van der Waals surface area contributed by atoms with Gasteiger partial charge in [0.25, 0.3) is 0 Å². The van der Waals surface area contributed by atoms with Crippen molar-refractivity contribution >= 4 is 21.7 Å². The molecule has 0 N–H and O–H groups in total. The number of nitrogens with zero attached hydrogens (tertiary/aromatic N) is 2. The van der Waals surface area contributed by atoms with Crippen LogP contribution in [0.3, 0.4) is 0 Å². The Morgan fingerprint density at radius 2 is 2.06 bits per heavy atom. The second kappa shape index (κ2) is 6.23. The second-order valence-electron chi connectivity index (χ2n) is 3.58. The standard InChI is InChI=1S/C11H14BrF3N2/c1-2-6-17(7-4-12)10-8-9(3-5-16-10)11(13,14)15/h3,5,8H,2,4,6-7H2,1H3. The fourth-order valence-electron chi connectivity index (χ4n) is 1.48. The molecule has 1 aromatic heterocycles. The first kappa shape index (κ1) is 14.3. The number of aromatic nitrogens is 1. The molecule has 0 saturated carbocycles. The van der Waals surface area contributed by atoms with Gasteiger partial charge in [0.05, 0.1) is 5.56 Å². The largest absolute Gasteiger partial charge is 0.416 e. The van der Waals surface area contributed by atoms with Gasteiger partial charge < -0.3 is 4.90 Å². The number of hydrogen-bond donors (Lipinski definition) is 0. The van der Waals surface area contributed by atoms with Crippen molar-refractivity contribution in [3.8, 4) is 0 Å². The molecule has 2 nitrogen and oxygen atoms in total. The number of anilines is 1. The van der Waals surface area contributed by atoms with Gasteiger partial charge in [-0.25, -0.2) is 4.98 Å². The Bertz CT molecular complexity index is 349. The first-order valence-corrected chi connectivity index (χ1v) is 6.45. The van der Waals surface area contributed by atoms with E-state index in [4.69, 9.17) is 0 Å². The van der Waals surface area contributed by atoms with Crippen molar-refractivity contribution in [1.29, 1.82) is 0 Å². The summed E-state index contributed by atoms with van der Waals surface area (Å²) in [5, 5.41) is 0.699. The second-order valence-corrected chi connectivity index (χ2v) is 4.37. The molecule has 0 atom stereocenters. The van der Waals surface area contributed by atoms with Crippen LogP contribution in [0, 0.1) is 0 Å². The van der Waals surface area contributed by atoms with E-state index in [2.05, 4.69) is 20.9 Å². The maximum Gasteiger partial charge on any atom is 0.416 e. The molecule has 0 aliphatic rings. The SMILES string of the molecule is CCCN(CCBr)c1cc(C(F)(F)F)ccn1. The first-order valence-electron chi connectivity index (χ1n) is 5.33. The molecule has 0 fully saturated rings. The Kier molecular flexibility index (Phi) is 5.24. The minimum atomic E-state index is -4.32. The van der Waals surface area contributed by atoms with Crippen LogP contribution in [0.1, 0.15) is 18.9 Å². The van der Waals surface area contributed by atoms with Crippen LogP contribution in [-0.2, 0) is 6.18 Å². The lowest BCUT2D eigenvalue weighted by atomic mass is 10.2. The zero-order chi connectivity index (χ0) is 12.9. The minimum Gasteiger partial charge on any atom is -0.356 e. The lowest BCUT2D eigenvalue weighted by molar-refractivity contribution is -0.137. The third-order valence-corrected chi connectivity index (χ3v) is 2.60. The van der Waals surface area contributed by atoms with Crippen LogP contribution in [0.5, 0.6) is 0 Å². The highest BCUT2D eigenvalue weighted by molar-refractivity contribution is 9.09. The predicted octanol–water partition coefficient (Wildman–Crippen LogP) is 3.71. The molecule has 6 heteroatoms. The number of alkyl halides is 4. The third-order valence-electron chi connectivity index (χ3n) is 2.24. The number of hydrogen-bond acceptors (Lipinski definition) is 2. The first-order chi connectivity index (χ1) is 7.99. The van der Waals surface area contributed by atoms with Gasteiger partial charge >= 0.3 is 6.18 Å². The van der Waals surface area contributed by atoms with Gasteiger partial charge in [-0.05, 0) is 18.6 Å². The van der Waals surface area contributed by atoms with Crippen molar-refractivity contribution in [2.45, 2.75) is 19.5 Å². The van der Waals surface area contributed by atoms with E-state index in [1.807, 2.05) is 11.8 Å². The van der Waals surface area contributed by atoms with Gasteiger partial charge in [0.2, 0.25) is 0 Å². The summed E-state index contributed by atoms with van der Waals surface area (Å²) in [5.74, 6) is 0.376. The van der Waals surface area contributed by atoms with E-state index in [1.54, 1.807) is 0 Å².